The van der Waals surface area contributed by atoms with Crippen molar-refractivity contribution < 1.29 is 9.53 Å². The molecule has 1 heterocycles. The van der Waals surface area contributed by atoms with E-state index in [4.69, 9.17) is 4.74 Å². The third-order valence-electron chi connectivity index (χ3n) is 2.74. The van der Waals surface area contributed by atoms with Crippen LogP contribution in [0.4, 0.5) is 0 Å². The Morgan fingerprint density at radius 3 is 2.67 bits per heavy atom. The van der Waals surface area contributed by atoms with Crippen molar-refractivity contribution in [1.29, 1.82) is 0 Å². The maximum absolute atomic E-state index is 11.8. The summed E-state index contributed by atoms with van der Waals surface area (Å²) in [6, 6.07) is 8.10. The molecule has 0 amide bonds. The summed E-state index contributed by atoms with van der Waals surface area (Å²) in [5.74, 6) is 0.407. The second-order valence-electron chi connectivity index (χ2n) is 4.39. The maximum Gasteiger partial charge on any atom is 0.345 e. The van der Waals surface area contributed by atoms with Gasteiger partial charge in [0, 0.05) is 11.1 Å². The highest BCUT2D eigenvalue weighted by Crippen LogP contribution is 2.21. The molecule has 1 N–H and O–H groups in total. The Morgan fingerprint density at radius 2 is 2.05 bits per heavy atom. The molecule has 2 rings (SSSR count). The second-order valence-corrected chi connectivity index (χ2v) is 5.44. The molecule has 0 saturated heterocycles. The fourth-order valence-electron chi connectivity index (χ4n) is 1.65. The van der Waals surface area contributed by atoms with E-state index in [1.54, 1.807) is 18.7 Å². The normalized spacial score (nSPS) is 10.4. The van der Waals surface area contributed by atoms with E-state index in [2.05, 4.69) is 9.97 Å². The molecule has 0 aliphatic carbocycles. The van der Waals surface area contributed by atoms with Crippen molar-refractivity contribution >= 4 is 17.7 Å². The van der Waals surface area contributed by atoms with Crippen LogP contribution < -0.4 is 5.56 Å². The van der Waals surface area contributed by atoms with Crippen LogP contribution in [0.15, 0.2) is 40.2 Å². The summed E-state index contributed by atoms with van der Waals surface area (Å²) in [7, 11) is 0. The van der Waals surface area contributed by atoms with Gasteiger partial charge in [-0.1, -0.05) is 17.7 Å². The SMILES string of the molecule is CCOC(=O)c1cnc(CSc2ccc(C)cc2)[nH]c1=O. The number of thioether (sulfide) groups is 1. The molecule has 1 aromatic heterocycles. The summed E-state index contributed by atoms with van der Waals surface area (Å²) in [4.78, 5) is 31.1. The van der Waals surface area contributed by atoms with E-state index < -0.39 is 11.5 Å². The van der Waals surface area contributed by atoms with Gasteiger partial charge in [0.1, 0.15) is 11.4 Å². The second kappa shape index (κ2) is 7.08. The first-order chi connectivity index (χ1) is 10.1. The van der Waals surface area contributed by atoms with Crippen LogP contribution in [0.25, 0.3) is 0 Å². The minimum absolute atomic E-state index is 0.0686. The number of rotatable bonds is 5. The van der Waals surface area contributed by atoms with E-state index >= 15 is 0 Å². The van der Waals surface area contributed by atoms with Crippen LogP contribution in [-0.2, 0) is 10.5 Å². The van der Waals surface area contributed by atoms with E-state index in [9.17, 15) is 9.59 Å². The number of hydrogen-bond donors (Lipinski definition) is 1. The Balaban J connectivity index is 2.05. The molecule has 0 bridgehead atoms. The van der Waals surface area contributed by atoms with Crippen LogP contribution >= 0.6 is 11.8 Å². The third kappa shape index (κ3) is 4.19. The monoisotopic (exact) mass is 304 g/mol. The molecule has 0 spiro atoms. The van der Waals surface area contributed by atoms with Gasteiger partial charge in [0.2, 0.25) is 0 Å². The third-order valence-corrected chi connectivity index (χ3v) is 3.77. The first-order valence-electron chi connectivity index (χ1n) is 6.55. The Labute approximate surface area is 126 Å². The van der Waals surface area contributed by atoms with Gasteiger partial charge in [-0.2, -0.15) is 0 Å². The predicted molar refractivity (Wildman–Crippen MR) is 81.6 cm³/mol. The minimum Gasteiger partial charge on any atom is -0.462 e. The summed E-state index contributed by atoms with van der Waals surface area (Å²) in [5.41, 5.74) is 0.661. The molecule has 1 aromatic carbocycles. The zero-order chi connectivity index (χ0) is 15.2. The number of nitrogens with zero attached hydrogens (tertiary/aromatic N) is 1. The molecule has 0 unspecified atom stereocenters. The summed E-state index contributed by atoms with van der Waals surface area (Å²) >= 11 is 1.57. The lowest BCUT2D eigenvalue weighted by Crippen LogP contribution is -2.21. The van der Waals surface area contributed by atoms with Gasteiger partial charge >= 0.3 is 5.97 Å². The Hall–Kier alpha value is -2.08. The molecule has 0 atom stereocenters. The van der Waals surface area contributed by atoms with Gasteiger partial charge in [0.05, 0.1) is 12.4 Å². The molecule has 21 heavy (non-hydrogen) atoms. The van der Waals surface area contributed by atoms with E-state index in [-0.39, 0.29) is 12.2 Å². The molecule has 0 radical (unpaired) electrons. The van der Waals surface area contributed by atoms with Crippen molar-refractivity contribution in [3.8, 4) is 0 Å². The quantitative estimate of drug-likeness (QED) is 0.679. The van der Waals surface area contributed by atoms with Crippen LogP contribution in [0.3, 0.4) is 0 Å². The van der Waals surface area contributed by atoms with Crippen molar-refractivity contribution in [3.63, 3.8) is 0 Å². The van der Waals surface area contributed by atoms with E-state index in [1.807, 2.05) is 31.2 Å². The number of aromatic amines is 1. The van der Waals surface area contributed by atoms with Gasteiger partial charge in [0.25, 0.3) is 5.56 Å². The van der Waals surface area contributed by atoms with Crippen LogP contribution in [-0.4, -0.2) is 22.5 Å². The minimum atomic E-state index is -0.649. The van der Waals surface area contributed by atoms with E-state index in [0.717, 1.165) is 4.90 Å². The molecular weight excluding hydrogens is 288 g/mol. The lowest BCUT2D eigenvalue weighted by atomic mass is 10.2. The number of H-pyrrole nitrogens is 1. The van der Waals surface area contributed by atoms with Gasteiger partial charge in [0.15, 0.2) is 0 Å². The standard InChI is InChI=1S/C15H16N2O3S/c1-3-20-15(19)12-8-16-13(17-14(12)18)9-21-11-6-4-10(2)5-7-11/h4-8H,3,9H2,1-2H3,(H,16,17,18). The number of esters is 1. The molecule has 0 aliphatic rings. The van der Waals surface area contributed by atoms with Crippen molar-refractivity contribution in [1.82, 2.24) is 9.97 Å². The fraction of sp³-hybridized carbons (Fsp3) is 0.267. The van der Waals surface area contributed by atoms with Gasteiger partial charge in [-0.15, -0.1) is 11.8 Å². The van der Waals surface area contributed by atoms with E-state index in [0.29, 0.717) is 11.6 Å². The number of nitrogens with one attached hydrogen (secondary N) is 1. The highest BCUT2D eigenvalue weighted by Gasteiger charge is 2.12. The van der Waals surface area contributed by atoms with Gasteiger partial charge in [-0.3, -0.25) is 4.79 Å². The van der Waals surface area contributed by atoms with Crippen molar-refractivity contribution in [2.24, 2.45) is 0 Å². The Bertz CT molecular complexity index is 680. The number of benzene rings is 1. The first-order valence-corrected chi connectivity index (χ1v) is 7.53. The molecule has 2 aromatic rings. The van der Waals surface area contributed by atoms with Crippen molar-refractivity contribution in [2.75, 3.05) is 6.61 Å². The van der Waals surface area contributed by atoms with Gasteiger partial charge in [-0.05, 0) is 26.0 Å². The smallest absolute Gasteiger partial charge is 0.345 e. The number of ether oxygens (including phenoxy) is 1. The average molecular weight is 304 g/mol. The zero-order valence-corrected chi connectivity index (χ0v) is 12.7. The Morgan fingerprint density at radius 1 is 1.33 bits per heavy atom. The molecular formula is C15H16N2O3S. The number of carbonyl (C=O) groups is 1. The molecule has 0 fully saturated rings. The van der Waals surface area contributed by atoms with Crippen molar-refractivity contribution in [2.45, 2.75) is 24.5 Å². The summed E-state index contributed by atoms with van der Waals surface area (Å²) in [6.45, 7) is 3.94. The number of carbonyl (C=O) groups excluding carboxylic acids is 1. The molecule has 0 saturated carbocycles. The van der Waals surface area contributed by atoms with Crippen molar-refractivity contribution in [3.05, 3.63) is 57.8 Å². The van der Waals surface area contributed by atoms with Crippen LogP contribution in [0.5, 0.6) is 0 Å². The number of aryl methyl sites for hydroxylation is 1. The van der Waals surface area contributed by atoms with Crippen LogP contribution in [0, 0.1) is 6.92 Å². The first kappa shape index (κ1) is 15.3. The largest absolute Gasteiger partial charge is 0.462 e. The molecule has 6 heteroatoms. The lowest BCUT2D eigenvalue weighted by Gasteiger charge is -2.04. The number of hydrogen-bond acceptors (Lipinski definition) is 5. The highest BCUT2D eigenvalue weighted by atomic mass is 32.2. The van der Waals surface area contributed by atoms with Gasteiger partial charge < -0.3 is 9.72 Å². The summed E-state index contributed by atoms with van der Waals surface area (Å²) in [6.07, 6.45) is 1.27. The predicted octanol–water partition coefficient (Wildman–Crippen LogP) is 2.55. The van der Waals surface area contributed by atoms with Crippen LogP contribution in [0.2, 0.25) is 0 Å². The highest BCUT2D eigenvalue weighted by molar-refractivity contribution is 7.98. The van der Waals surface area contributed by atoms with Gasteiger partial charge in [-0.25, -0.2) is 9.78 Å². The molecule has 5 nitrogen and oxygen atoms in total. The average Bonchev–Trinajstić information content (AvgIpc) is 2.47. The zero-order valence-electron chi connectivity index (χ0n) is 11.9. The van der Waals surface area contributed by atoms with Crippen LogP contribution in [0.1, 0.15) is 28.7 Å². The number of aromatic nitrogens is 2. The lowest BCUT2D eigenvalue weighted by molar-refractivity contribution is 0.0523. The summed E-state index contributed by atoms with van der Waals surface area (Å²) in [5, 5.41) is 0. The maximum atomic E-state index is 11.8. The molecule has 110 valence electrons. The molecule has 0 aliphatic heterocycles. The fourth-order valence-corrected chi connectivity index (χ4v) is 2.42. The Kier molecular flexibility index (Phi) is 5.16. The topological polar surface area (TPSA) is 72.0 Å². The summed E-state index contributed by atoms with van der Waals surface area (Å²) < 4.78 is 4.78. The van der Waals surface area contributed by atoms with E-state index in [1.165, 1.54) is 11.8 Å².